The van der Waals surface area contributed by atoms with Gasteiger partial charge in [0.25, 0.3) is 5.91 Å². The second-order valence-corrected chi connectivity index (χ2v) is 5.49. The highest BCUT2D eigenvalue weighted by atomic mass is 32.1. The van der Waals surface area contributed by atoms with Crippen LogP contribution in [0, 0.1) is 0 Å². The van der Waals surface area contributed by atoms with E-state index in [1.807, 2.05) is 0 Å². The fraction of sp³-hybridized carbons (Fsp3) is 0.636. The maximum atomic E-state index is 11.9. The minimum absolute atomic E-state index is 0.159. The molecule has 0 unspecified atom stereocenters. The molecule has 1 amide bonds. The highest BCUT2D eigenvalue weighted by Crippen LogP contribution is 2.39. The van der Waals surface area contributed by atoms with Gasteiger partial charge in [0.15, 0.2) is 5.82 Å². The molecule has 3 rings (SSSR count). The Kier molecular flexibility index (Phi) is 3.43. The molecule has 0 spiro atoms. The Labute approximate surface area is 114 Å². The van der Waals surface area contributed by atoms with Crippen molar-refractivity contribution in [2.75, 3.05) is 20.3 Å². The number of ether oxygens (including phenoxy) is 1. The number of carbonyl (C=O) groups is 1. The van der Waals surface area contributed by atoms with Crippen LogP contribution in [0.1, 0.15) is 40.8 Å². The average Bonchev–Trinajstić information content (AvgIpc) is 3.02. The molecule has 8 heteroatoms. The molecule has 1 aliphatic carbocycles. The zero-order valence-electron chi connectivity index (χ0n) is 10.6. The van der Waals surface area contributed by atoms with E-state index < -0.39 is 0 Å². The Balaban J connectivity index is 1.68. The lowest BCUT2D eigenvalue weighted by Crippen LogP contribution is -2.25. The lowest BCUT2D eigenvalue weighted by molar-refractivity contribution is 0.0947. The van der Waals surface area contributed by atoms with Crippen LogP contribution in [0.15, 0.2) is 0 Å². The normalized spacial score (nSPS) is 15.0. The minimum Gasteiger partial charge on any atom is -0.385 e. The molecular formula is C11H15N5O2S. The molecule has 2 heterocycles. The molecule has 0 atom stereocenters. The summed E-state index contributed by atoms with van der Waals surface area (Å²) in [6, 6.07) is 0. The quantitative estimate of drug-likeness (QED) is 0.793. The number of carbonyl (C=O) groups excluding carboxylic acids is 1. The van der Waals surface area contributed by atoms with E-state index in [9.17, 15) is 4.79 Å². The number of rotatable bonds is 6. The number of amides is 1. The molecular weight excluding hydrogens is 266 g/mol. The molecule has 0 saturated heterocycles. The summed E-state index contributed by atoms with van der Waals surface area (Å²) >= 11 is 1.27. The van der Waals surface area contributed by atoms with Crippen LogP contribution in [-0.2, 0) is 4.74 Å². The monoisotopic (exact) mass is 281 g/mol. The van der Waals surface area contributed by atoms with E-state index in [1.165, 1.54) is 11.3 Å². The standard InChI is InChI=1S/C11H15N5O2S/c1-18-6-2-5-12-9(17)10-15-16-8(7-3-4-7)13-14-11(16)19-10/h7H,2-6H2,1H3,(H,12,17). The van der Waals surface area contributed by atoms with Gasteiger partial charge in [0.1, 0.15) is 0 Å². The molecule has 1 aliphatic rings. The number of methoxy groups -OCH3 is 1. The topological polar surface area (TPSA) is 81.4 Å². The number of nitrogens with zero attached hydrogens (tertiary/aromatic N) is 4. The van der Waals surface area contributed by atoms with E-state index in [-0.39, 0.29) is 5.91 Å². The zero-order valence-corrected chi connectivity index (χ0v) is 11.4. The molecule has 1 saturated carbocycles. The van der Waals surface area contributed by atoms with Crippen molar-refractivity contribution in [3.05, 3.63) is 10.8 Å². The Morgan fingerprint density at radius 2 is 2.37 bits per heavy atom. The summed E-state index contributed by atoms with van der Waals surface area (Å²) in [6.07, 6.45) is 3.06. The van der Waals surface area contributed by atoms with Crippen LogP contribution < -0.4 is 5.32 Å². The molecule has 0 aromatic carbocycles. The van der Waals surface area contributed by atoms with E-state index in [1.54, 1.807) is 11.6 Å². The molecule has 0 bridgehead atoms. The highest BCUT2D eigenvalue weighted by molar-refractivity contribution is 7.18. The number of fused-ring (bicyclic) bond motifs is 1. The third-order valence-corrected chi connectivity index (χ3v) is 3.86. The van der Waals surface area contributed by atoms with Crippen molar-refractivity contribution < 1.29 is 9.53 Å². The second-order valence-electron chi connectivity index (χ2n) is 4.54. The molecule has 1 fully saturated rings. The summed E-state index contributed by atoms with van der Waals surface area (Å²) in [7, 11) is 1.64. The second kappa shape index (κ2) is 5.22. The predicted octanol–water partition coefficient (Wildman–Crippen LogP) is 0.829. The van der Waals surface area contributed by atoms with Crippen molar-refractivity contribution in [3.8, 4) is 0 Å². The van der Waals surface area contributed by atoms with Crippen molar-refractivity contribution in [3.63, 3.8) is 0 Å². The van der Waals surface area contributed by atoms with Gasteiger partial charge in [-0.1, -0.05) is 11.3 Å². The van der Waals surface area contributed by atoms with Crippen LogP contribution in [0.5, 0.6) is 0 Å². The summed E-state index contributed by atoms with van der Waals surface area (Å²) in [4.78, 5) is 12.6. The predicted molar refractivity (Wildman–Crippen MR) is 69.5 cm³/mol. The lowest BCUT2D eigenvalue weighted by atomic mass is 10.4. The van der Waals surface area contributed by atoms with E-state index >= 15 is 0 Å². The van der Waals surface area contributed by atoms with Gasteiger partial charge in [0.05, 0.1) is 0 Å². The molecule has 0 aliphatic heterocycles. The third-order valence-electron chi connectivity index (χ3n) is 2.96. The number of aromatic nitrogens is 4. The van der Waals surface area contributed by atoms with Gasteiger partial charge in [0.2, 0.25) is 9.97 Å². The Morgan fingerprint density at radius 1 is 1.53 bits per heavy atom. The number of nitrogens with one attached hydrogen (secondary N) is 1. The first-order valence-electron chi connectivity index (χ1n) is 6.29. The van der Waals surface area contributed by atoms with Gasteiger partial charge in [-0.25, -0.2) is 0 Å². The summed E-state index contributed by atoms with van der Waals surface area (Å²) in [6.45, 7) is 1.22. The maximum Gasteiger partial charge on any atom is 0.282 e. The van der Waals surface area contributed by atoms with Gasteiger partial charge in [-0.05, 0) is 19.3 Å². The molecule has 2 aromatic heterocycles. The van der Waals surface area contributed by atoms with Gasteiger partial charge in [-0.2, -0.15) is 4.52 Å². The van der Waals surface area contributed by atoms with Crippen LogP contribution in [0.25, 0.3) is 4.96 Å². The SMILES string of the molecule is COCCCNC(=O)c1nn2c(C3CC3)nnc2s1. The molecule has 102 valence electrons. The number of hydrogen-bond acceptors (Lipinski definition) is 6. The fourth-order valence-electron chi connectivity index (χ4n) is 1.81. The van der Waals surface area contributed by atoms with E-state index in [0.717, 1.165) is 25.1 Å². The molecule has 1 N–H and O–H groups in total. The smallest absolute Gasteiger partial charge is 0.282 e. The highest BCUT2D eigenvalue weighted by Gasteiger charge is 2.30. The van der Waals surface area contributed by atoms with E-state index in [2.05, 4.69) is 20.6 Å². The van der Waals surface area contributed by atoms with Gasteiger partial charge in [-0.3, -0.25) is 4.79 Å². The summed E-state index contributed by atoms with van der Waals surface area (Å²) in [5.74, 6) is 1.19. The van der Waals surface area contributed by atoms with E-state index in [0.29, 0.717) is 29.0 Å². The summed E-state index contributed by atoms with van der Waals surface area (Å²) in [5.41, 5.74) is 0. The maximum absolute atomic E-state index is 11.9. The van der Waals surface area contributed by atoms with Gasteiger partial charge in [0, 0.05) is 26.2 Å². The Bertz CT molecular complexity index is 589. The molecule has 2 aromatic rings. The van der Waals surface area contributed by atoms with Crippen molar-refractivity contribution in [2.24, 2.45) is 0 Å². The van der Waals surface area contributed by atoms with Gasteiger partial charge in [-0.15, -0.1) is 15.3 Å². The third kappa shape index (κ3) is 2.59. The van der Waals surface area contributed by atoms with Crippen molar-refractivity contribution in [2.45, 2.75) is 25.2 Å². The average molecular weight is 281 g/mol. The fourth-order valence-corrected chi connectivity index (χ4v) is 2.58. The zero-order chi connectivity index (χ0) is 13.2. The van der Waals surface area contributed by atoms with Crippen molar-refractivity contribution >= 4 is 22.2 Å². The van der Waals surface area contributed by atoms with Gasteiger partial charge >= 0.3 is 0 Å². The first-order chi connectivity index (χ1) is 9.29. The lowest BCUT2D eigenvalue weighted by Gasteiger charge is -2.01. The largest absolute Gasteiger partial charge is 0.385 e. The summed E-state index contributed by atoms with van der Waals surface area (Å²) in [5, 5.41) is 15.7. The number of hydrogen-bond donors (Lipinski definition) is 1. The molecule has 19 heavy (non-hydrogen) atoms. The van der Waals surface area contributed by atoms with E-state index in [4.69, 9.17) is 4.74 Å². The molecule has 7 nitrogen and oxygen atoms in total. The van der Waals surface area contributed by atoms with Crippen LogP contribution in [-0.4, -0.2) is 46.0 Å². The summed E-state index contributed by atoms with van der Waals surface area (Å²) < 4.78 is 6.63. The Hall–Kier alpha value is -1.54. The van der Waals surface area contributed by atoms with Crippen LogP contribution in [0.2, 0.25) is 0 Å². The first-order valence-corrected chi connectivity index (χ1v) is 7.10. The minimum atomic E-state index is -0.159. The van der Waals surface area contributed by atoms with Gasteiger partial charge < -0.3 is 10.1 Å². The van der Waals surface area contributed by atoms with Crippen LogP contribution in [0.3, 0.4) is 0 Å². The van der Waals surface area contributed by atoms with Crippen molar-refractivity contribution in [1.29, 1.82) is 0 Å². The first kappa shape index (κ1) is 12.5. The Morgan fingerprint density at radius 3 is 3.11 bits per heavy atom. The van der Waals surface area contributed by atoms with Crippen LogP contribution in [0.4, 0.5) is 0 Å². The van der Waals surface area contributed by atoms with Crippen molar-refractivity contribution in [1.82, 2.24) is 25.1 Å². The van der Waals surface area contributed by atoms with Crippen LogP contribution >= 0.6 is 11.3 Å². The molecule has 0 radical (unpaired) electrons.